The molecule has 1 aliphatic heterocycles. The Morgan fingerprint density at radius 3 is 2.85 bits per heavy atom. The van der Waals surface area contributed by atoms with Gasteiger partial charge < -0.3 is 4.57 Å². The normalized spacial score (nSPS) is 16.3. The predicted octanol–water partition coefficient (Wildman–Crippen LogP) is 2.92. The highest BCUT2D eigenvalue weighted by Gasteiger charge is 2.23. The molecule has 2 nitrogen and oxygen atoms in total. The molecule has 0 aliphatic carbocycles. The summed E-state index contributed by atoms with van der Waals surface area (Å²) in [5.74, 6) is 0.786. The van der Waals surface area contributed by atoms with Gasteiger partial charge in [-0.2, -0.15) is 0 Å². The van der Waals surface area contributed by atoms with Gasteiger partial charge in [0.15, 0.2) is 0 Å². The average molecular weight is 251 g/mol. The second kappa shape index (κ2) is 3.36. The molecule has 0 saturated heterocycles. The Kier molecular flexibility index (Phi) is 2.36. The minimum absolute atomic E-state index is 0.0368. The Balaban J connectivity index is 2.48. The van der Waals surface area contributed by atoms with E-state index in [-0.39, 0.29) is 5.69 Å². The summed E-state index contributed by atoms with van der Waals surface area (Å²) in [6.45, 7) is 0.674. The maximum atomic E-state index is 12.6. The molecule has 0 atom stereocenters. The molecule has 0 saturated carbocycles. The number of hydrogen-bond acceptors (Lipinski definition) is 1. The number of rotatable bonds is 1. The van der Waals surface area contributed by atoms with Gasteiger partial charge in [0.2, 0.25) is 0 Å². The lowest BCUT2D eigenvalue weighted by Gasteiger charge is -2.15. The maximum Gasteiger partial charge on any atom is 0.281 e. The molecule has 0 aromatic carbocycles. The van der Waals surface area contributed by atoms with Crippen molar-refractivity contribution in [3.05, 3.63) is 16.1 Å². The third-order valence-electron chi connectivity index (χ3n) is 2.28. The smallest absolute Gasteiger partial charge is 0.281 e. The van der Waals surface area contributed by atoms with Gasteiger partial charge in [-0.15, -0.1) is 0 Å². The van der Waals surface area contributed by atoms with E-state index in [1.165, 1.54) is 0 Å². The van der Waals surface area contributed by atoms with Gasteiger partial charge in [-0.25, -0.2) is 13.8 Å². The molecule has 1 aromatic heterocycles. The SMILES string of the molecule is FC(F)c1c(Br)nc2n1CCCC2. The first-order valence-electron chi connectivity index (χ1n) is 4.23. The standard InChI is InChI=1S/C8H9BrF2N2/c9-7-6(8(10)11)13-4-2-1-3-5(13)12-7/h8H,1-4H2. The molecule has 0 radical (unpaired) electrons. The quantitative estimate of drug-likeness (QED) is 0.750. The summed E-state index contributed by atoms with van der Waals surface area (Å²) >= 11 is 3.07. The Hall–Kier alpha value is -0.450. The minimum atomic E-state index is -2.44. The van der Waals surface area contributed by atoms with E-state index in [1.54, 1.807) is 4.57 Å². The second-order valence-corrected chi connectivity index (χ2v) is 3.86. The lowest BCUT2D eigenvalue weighted by Crippen LogP contribution is -2.13. The van der Waals surface area contributed by atoms with E-state index in [2.05, 4.69) is 20.9 Å². The van der Waals surface area contributed by atoms with Gasteiger partial charge in [-0.05, 0) is 28.8 Å². The molecular formula is C8H9BrF2N2. The fraction of sp³-hybridized carbons (Fsp3) is 0.625. The van der Waals surface area contributed by atoms with Crippen molar-refractivity contribution in [2.75, 3.05) is 0 Å². The van der Waals surface area contributed by atoms with Crippen LogP contribution in [-0.2, 0) is 13.0 Å². The monoisotopic (exact) mass is 250 g/mol. The van der Waals surface area contributed by atoms with Crippen LogP contribution in [0.5, 0.6) is 0 Å². The third kappa shape index (κ3) is 1.49. The number of aryl methyl sites for hydroxylation is 1. The molecule has 0 unspecified atom stereocenters. The van der Waals surface area contributed by atoms with Crippen LogP contribution in [0.3, 0.4) is 0 Å². The molecule has 0 amide bonds. The summed E-state index contributed by atoms with van der Waals surface area (Å²) in [4.78, 5) is 4.07. The van der Waals surface area contributed by atoms with Gasteiger partial charge in [0, 0.05) is 13.0 Å². The van der Waals surface area contributed by atoms with Crippen LogP contribution in [0.15, 0.2) is 4.60 Å². The highest BCUT2D eigenvalue weighted by Crippen LogP contribution is 2.30. The van der Waals surface area contributed by atoms with Crippen LogP contribution in [0.1, 0.15) is 30.8 Å². The summed E-state index contributed by atoms with van der Waals surface area (Å²) in [7, 11) is 0. The van der Waals surface area contributed by atoms with E-state index in [9.17, 15) is 8.78 Å². The van der Waals surface area contributed by atoms with E-state index in [4.69, 9.17) is 0 Å². The zero-order chi connectivity index (χ0) is 9.42. The van der Waals surface area contributed by atoms with Crippen molar-refractivity contribution in [1.29, 1.82) is 0 Å². The van der Waals surface area contributed by atoms with Crippen LogP contribution in [0.2, 0.25) is 0 Å². The van der Waals surface area contributed by atoms with Crippen molar-refractivity contribution in [2.45, 2.75) is 32.2 Å². The minimum Gasteiger partial charge on any atom is -0.326 e. The van der Waals surface area contributed by atoms with E-state index < -0.39 is 6.43 Å². The summed E-state index contributed by atoms with van der Waals surface area (Å²) in [5.41, 5.74) is 0.0368. The molecule has 72 valence electrons. The summed E-state index contributed by atoms with van der Waals surface area (Å²) in [5, 5.41) is 0. The molecule has 0 bridgehead atoms. The topological polar surface area (TPSA) is 17.8 Å². The molecule has 2 heterocycles. The fourth-order valence-corrected chi connectivity index (χ4v) is 2.27. The van der Waals surface area contributed by atoms with Crippen LogP contribution in [0, 0.1) is 0 Å². The number of halogens is 3. The van der Waals surface area contributed by atoms with Crippen molar-refractivity contribution in [1.82, 2.24) is 9.55 Å². The van der Waals surface area contributed by atoms with Gasteiger partial charge in [-0.1, -0.05) is 0 Å². The van der Waals surface area contributed by atoms with Gasteiger partial charge in [0.05, 0.1) is 0 Å². The zero-order valence-corrected chi connectivity index (χ0v) is 8.52. The van der Waals surface area contributed by atoms with Crippen molar-refractivity contribution in [3.8, 4) is 0 Å². The highest BCUT2D eigenvalue weighted by atomic mass is 79.9. The Morgan fingerprint density at radius 1 is 1.38 bits per heavy atom. The number of hydrogen-bond donors (Lipinski definition) is 0. The van der Waals surface area contributed by atoms with Crippen LogP contribution in [-0.4, -0.2) is 9.55 Å². The molecular weight excluding hydrogens is 242 g/mol. The molecule has 13 heavy (non-hydrogen) atoms. The van der Waals surface area contributed by atoms with E-state index in [0.717, 1.165) is 25.1 Å². The van der Waals surface area contributed by atoms with E-state index in [0.29, 0.717) is 11.1 Å². The molecule has 5 heteroatoms. The lowest BCUT2D eigenvalue weighted by molar-refractivity contribution is 0.138. The van der Waals surface area contributed by atoms with Crippen LogP contribution in [0.4, 0.5) is 8.78 Å². The third-order valence-corrected chi connectivity index (χ3v) is 2.86. The van der Waals surface area contributed by atoms with Crippen LogP contribution in [0.25, 0.3) is 0 Å². The summed E-state index contributed by atoms with van der Waals surface area (Å²) < 4.78 is 27.1. The second-order valence-electron chi connectivity index (χ2n) is 3.11. The van der Waals surface area contributed by atoms with Crippen LogP contribution < -0.4 is 0 Å². The first-order valence-corrected chi connectivity index (χ1v) is 5.02. The first kappa shape index (κ1) is 9.12. The number of aromatic nitrogens is 2. The Labute approximate surface area is 83.1 Å². The van der Waals surface area contributed by atoms with E-state index in [1.807, 2.05) is 0 Å². The van der Waals surface area contributed by atoms with Gasteiger partial charge in [0.25, 0.3) is 6.43 Å². The summed E-state index contributed by atoms with van der Waals surface area (Å²) in [6.07, 6.45) is 0.390. The maximum absolute atomic E-state index is 12.6. The van der Waals surface area contributed by atoms with E-state index >= 15 is 0 Å². The lowest BCUT2D eigenvalue weighted by atomic mass is 10.2. The molecule has 0 N–H and O–H groups in total. The summed E-state index contributed by atoms with van der Waals surface area (Å²) in [6, 6.07) is 0. The first-order chi connectivity index (χ1) is 6.20. The molecule has 0 spiro atoms. The van der Waals surface area contributed by atoms with Crippen molar-refractivity contribution in [2.24, 2.45) is 0 Å². The molecule has 0 fully saturated rings. The van der Waals surface area contributed by atoms with Crippen molar-refractivity contribution < 1.29 is 8.78 Å². The average Bonchev–Trinajstić information content (AvgIpc) is 2.39. The van der Waals surface area contributed by atoms with Crippen molar-refractivity contribution >= 4 is 15.9 Å². The van der Waals surface area contributed by atoms with Crippen LogP contribution >= 0.6 is 15.9 Å². The number of imidazole rings is 1. The van der Waals surface area contributed by atoms with Gasteiger partial charge in [0.1, 0.15) is 16.1 Å². The predicted molar refractivity (Wildman–Crippen MR) is 47.8 cm³/mol. The largest absolute Gasteiger partial charge is 0.326 e. The number of fused-ring (bicyclic) bond motifs is 1. The number of alkyl halides is 2. The van der Waals surface area contributed by atoms with Gasteiger partial charge >= 0.3 is 0 Å². The van der Waals surface area contributed by atoms with Gasteiger partial charge in [-0.3, -0.25) is 0 Å². The Morgan fingerprint density at radius 2 is 2.15 bits per heavy atom. The molecule has 1 aromatic rings. The highest BCUT2D eigenvalue weighted by molar-refractivity contribution is 9.10. The fourth-order valence-electron chi connectivity index (χ4n) is 1.68. The Bertz CT molecular complexity index is 322. The molecule has 1 aliphatic rings. The molecule has 2 rings (SSSR count). The zero-order valence-electron chi connectivity index (χ0n) is 6.93. The van der Waals surface area contributed by atoms with Crippen molar-refractivity contribution in [3.63, 3.8) is 0 Å². The number of nitrogens with zero attached hydrogens (tertiary/aromatic N) is 2.